The van der Waals surface area contributed by atoms with E-state index in [0.717, 1.165) is 0 Å². The largest absolute Gasteiger partial charge is 0.480 e. The number of rotatable bonds is 10. The van der Waals surface area contributed by atoms with Crippen LogP contribution in [0.25, 0.3) is 0 Å². The second-order valence-corrected chi connectivity index (χ2v) is 10.3. The zero-order valence-electron chi connectivity index (χ0n) is 20.1. The normalized spacial score (nSPS) is 17.8. The number of aliphatic carboxylic acids is 1. The molecule has 0 spiro atoms. The summed E-state index contributed by atoms with van der Waals surface area (Å²) >= 11 is 1.59. The standard InChI is InChI=1S/C22H39N3O6S/c1-7-14(2)17(20(28)29)24-18(26)15-8-11-25(12-9-15)19(27)16(10-13-32-6)23-21(30)31-22(3,4)5/h14-17H,7-13H2,1-6H3,(H,23,30)(H,24,26)(H,28,29). The van der Waals surface area contributed by atoms with Gasteiger partial charge in [0.25, 0.3) is 0 Å². The predicted molar refractivity (Wildman–Crippen MR) is 124 cm³/mol. The van der Waals surface area contributed by atoms with Crippen molar-refractivity contribution >= 4 is 35.6 Å². The molecule has 3 N–H and O–H groups in total. The van der Waals surface area contributed by atoms with E-state index in [-0.39, 0.29) is 23.7 Å². The lowest BCUT2D eigenvalue weighted by molar-refractivity contribution is -0.144. The van der Waals surface area contributed by atoms with Gasteiger partial charge in [-0.2, -0.15) is 11.8 Å². The van der Waals surface area contributed by atoms with E-state index in [4.69, 9.17) is 4.74 Å². The lowest BCUT2D eigenvalue weighted by atomic mass is 9.93. The van der Waals surface area contributed by atoms with Gasteiger partial charge in [-0.3, -0.25) is 9.59 Å². The summed E-state index contributed by atoms with van der Waals surface area (Å²) in [6.45, 7) is 9.72. The van der Waals surface area contributed by atoms with Crippen LogP contribution in [0.1, 0.15) is 60.3 Å². The number of amides is 3. The number of carbonyl (C=O) groups excluding carboxylic acids is 3. The van der Waals surface area contributed by atoms with Crippen molar-refractivity contribution in [2.45, 2.75) is 78.0 Å². The third-order valence-electron chi connectivity index (χ3n) is 5.55. The highest BCUT2D eigenvalue weighted by Gasteiger charge is 2.34. The summed E-state index contributed by atoms with van der Waals surface area (Å²) in [4.78, 5) is 51.0. The predicted octanol–water partition coefficient (Wildman–Crippen LogP) is 2.49. The first-order valence-electron chi connectivity index (χ1n) is 11.2. The first kappa shape index (κ1) is 28.1. The summed E-state index contributed by atoms with van der Waals surface area (Å²) < 4.78 is 5.29. The fraction of sp³-hybridized carbons (Fsp3) is 0.818. The monoisotopic (exact) mass is 473 g/mol. The SMILES string of the molecule is CCC(C)C(NC(=O)C1CCN(C(=O)C(CCSC)NC(=O)OC(C)(C)C)CC1)C(=O)O. The number of thioether (sulfide) groups is 1. The molecule has 3 unspecified atom stereocenters. The van der Waals surface area contributed by atoms with Gasteiger partial charge in [-0.1, -0.05) is 20.3 Å². The molecular formula is C22H39N3O6S. The Morgan fingerprint density at radius 1 is 1.16 bits per heavy atom. The first-order valence-corrected chi connectivity index (χ1v) is 12.6. The Hall–Kier alpha value is -1.97. The number of likely N-dealkylation sites (tertiary alicyclic amines) is 1. The van der Waals surface area contributed by atoms with Crippen LogP contribution in [0.3, 0.4) is 0 Å². The molecule has 3 amide bonds. The van der Waals surface area contributed by atoms with Gasteiger partial charge in [0.15, 0.2) is 0 Å². The van der Waals surface area contributed by atoms with Gasteiger partial charge in [-0.25, -0.2) is 9.59 Å². The molecule has 1 rings (SSSR count). The number of alkyl carbamates (subject to hydrolysis) is 1. The van der Waals surface area contributed by atoms with Crippen LogP contribution in [0.4, 0.5) is 4.79 Å². The van der Waals surface area contributed by atoms with E-state index in [2.05, 4.69) is 10.6 Å². The van der Waals surface area contributed by atoms with Crippen LogP contribution in [0.2, 0.25) is 0 Å². The highest BCUT2D eigenvalue weighted by molar-refractivity contribution is 7.98. The molecule has 1 saturated heterocycles. The number of carboxylic acid groups (broad SMARTS) is 1. The first-order chi connectivity index (χ1) is 14.9. The third kappa shape index (κ3) is 9.26. The minimum Gasteiger partial charge on any atom is -0.480 e. The van der Waals surface area contributed by atoms with Gasteiger partial charge in [-0.15, -0.1) is 0 Å². The van der Waals surface area contributed by atoms with Gasteiger partial charge >= 0.3 is 12.1 Å². The molecule has 0 aromatic heterocycles. The molecule has 184 valence electrons. The van der Waals surface area contributed by atoms with Crippen LogP contribution >= 0.6 is 11.8 Å². The molecule has 1 aliphatic rings. The number of nitrogens with one attached hydrogen (secondary N) is 2. The van der Waals surface area contributed by atoms with Crippen molar-refractivity contribution in [3.8, 4) is 0 Å². The van der Waals surface area contributed by atoms with Crippen molar-refractivity contribution in [3.05, 3.63) is 0 Å². The summed E-state index contributed by atoms with van der Waals surface area (Å²) in [5, 5.41) is 14.7. The van der Waals surface area contributed by atoms with E-state index in [0.29, 0.717) is 44.5 Å². The van der Waals surface area contributed by atoms with Crippen LogP contribution in [-0.4, -0.2) is 76.7 Å². The highest BCUT2D eigenvalue weighted by atomic mass is 32.2. The summed E-state index contributed by atoms with van der Waals surface area (Å²) in [5.41, 5.74) is -0.661. The molecule has 32 heavy (non-hydrogen) atoms. The van der Waals surface area contributed by atoms with E-state index in [1.165, 1.54) is 0 Å². The van der Waals surface area contributed by atoms with E-state index in [1.54, 1.807) is 44.4 Å². The molecule has 0 bridgehead atoms. The van der Waals surface area contributed by atoms with Gasteiger partial charge < -0.3 is 25.4 Å². The summed E-state index contributed by atoms with van der Waals surface area (Å²) in [7, 11) is 0. The van der Waals surface area contributed by atoms with Gasteiger partial charge in [0.05, 0.1) is 0 Å². The third-order valence-corrected chi connectivity index (χ3v) is 6.20. The Kier molecular flexibility index (Phi) is 11.3. The van der Waals surface area contributed by atoms with Gasteiger partial charge in [-0.05, 0) is 58.0 Å². The number of piperidine rings is 1. The number of carboxylic acids is 1. The quantitative estimate of drug-likeness (QED) is 0.445. The zero-order chi connectivity index (χ0) is 24.5. The number of hydrogen-bond acceptors (Lipinski definition) is 6. The van der Waals surface area contributed by atoms with Crippen LogP contribution in [0.5, 0.6) is 0 Å². The van der Waals surface area contributed by atoms with Crippen LogP contribution < -0.4 is 10.6 Å². The minimum atomic E-state index is -1.04. The Bertz CT molecular complexity index is 659. The molecule has 10 heteroatoms. The Morgan fingerprint density at radius 2 is 1.75 bits per heavy atom. The fourth-order valence-electron chi connectivity index (χ4n) is 3.48. The van der Waals surface area contributed by atoms with Crippen molar-refractivity contribution in [2.24, 2.45) is 11.8 Å². The Morgan fingerprint density at radius 3 is 2.22 bits per heavy atom. The minimum absolute atomic E-state index is 0.172. The maximum atomic E-state index is 13.0. The average Bonchev–Trinajstić information content (AvgIpc) is 2.72. The molecule has 0 radical (unpaired) electrons. The summed E-state index contributed by atoms with van der Waals surface area (Å²) in [6.07, 6.45) is 3.33. The van der Waals surface area contributed by atoms with E-state index in [9.17, 15) is 24.3 Å². The molecule has 3 atom stereocenters. The second-order valence-electron chi connectivity index (χ2n) is 9.29. The van der Waals surface area contributed by atoms with E-state index in [1.807, 2.05) is 13.2 Å². The molecule has 0 aliphatic carbocycles. The van der Waals surface area contributed by atoms with Crippen molar-refractivity contribution in [2.75, 3.05) is 25.1 Å². The number of carbonyl (C=O) groups is 4. The second kappa shape index (κ2) is 12.9. The molecule has 0 aromatic rings. The fourth-order valence-corrected chi connectivity index (χ4v) is 3.95. The van der Waals surface area contributed by atoms with Crippen LogP contribution in [0.15, 0.2) is 0 Å². The van der Waals surface area contributed by atoms with Crippen molar-refractivity contribution in [1.29, 1.82) is 0 Å². The molecule has 1 heterocycles. The zero-order valence-corrected chi connectivity index (χ0v) is 20.9. The molecule has 1 fully saturated rings. The molecule has 0 aromatic carbocycles. The molecular weight excluding hydrogens is 434 g/mol. The summed E-state index contributed by atoms with van der Waals surface area (Å²) in [5.74, 6) is -1.31. The van der Waals surface area contributed by atoms with Crippen molar-refractivity contribution in [3.63, 3.8) is 0 Å². The van der Waals surface area contributed by atoms with Crippen molar-refractivity contribution < 1.29 is 29.0 Å². The molecule has 0 saturated carbocycles. The maximum Gasteiger partial charge on any atom is 0.408 e. The van der Waals surface area contributed by atoms with E-state index >= 15 is 0 Å². The summed E-state index contributed by atoms with van der Waals surface area (Å²) in [6, 6.07) is -1.61. The topological polar surface area (TPSA) is 125 Å². The lowest BCUT2D eigenvalue weighted by Crippen LogP contribution is -2.53. The van der Waals surface area contributed by atoms with Crippen LogP contribution in [0, 0.1) is 11.8 Å². The number of ether oxygens (including phenoxy) is 1. The van der Waals surface area contributed by atoms with Crippen molar-refractivity contribution in [1.82, 2.24) is 15.5 Å². The number of hydrogen-bond donors (Lipinski definition) is 3. The number of nitrogens with zero attached hydrogens (tertiary/aromatic N) is 1. The Labute approximate surface area is 195 Å². The highest BCUT2D eigenvalue weighted by Crippen LogP contribution is 2.20. The maximum absolute atomic E-state index is 13.0. The van der Waals surface area contributed by atoms with Gasteiger partial charge in [0.2, 0.25) is 11.8 Å². The Balaban J connectivity index is 2.69. The van der Waals surface area contributed by atoms with Gasteiger partial charge in [0, 0.05) is 19.0 Å². The lowest BCUT2D eigenvalue weighted by Gasteiger charge is -2.34. The molecule has 9 nitrogen and oxygen atoms in total. The van der Waals surface area contributed by atoms with Crippen LogP contribution in [-0.2, 0) is 19.1 Å². The smallest absolute Gasteiger partial charge is 0.408 e. The average molecular weight is 474 g/mol. The van der Waals surface area contributed by atoms with Gasteiger partial charge in [0.1, 0.15) is 17.7 Å². The van der Waals surface area contributed by atoms with E-state index < -0.39 is 29.7 Å². The molecule has 1 aliphatic heterocycles.